The Balaban J connectivity index is 1.21. The lowest BCUT2D eigenvalue weighted by molar-refractivity contribution is -0.151. The van der Waals surface area contributed by atoms with E-state index >= 15 is 0 Å². The van der Waals surface area contributed by atoms with Gasteiger partial charge >= 0.3 is 6.09 Å². The number of benzene rings is 3. The van der Waals surface area contributed by atoms with Crippen molar-refractivity contribution in [3.63, 3.8) is 0 Å². The van der Waals surface area contributed by atoms with E-state index in [1.165, 1.54) is 0 Å². The Kier molecular flexibility index (Phi) is 8.54. The summed E-state index contributed by atoms with van der Waals surface area (Å²) in [5.41, 5.74) is 3.18. The van der Waals surface area contributed by atoms with E-state index in [2.05, 4.69) is 0 Å². The lowest BCUT2D eigenvalue weighted by atomic mass is 9.82. The van der Waals surface area contributed by atoms with Gasteiger partial charge in [-0.25, -0.2) is 4.79 Å². The summed E-state index contributed by atoms with van der Waals surface area (Å²) >= 11 is 0. The van der Waals surface area contributed by atoms with E-state index in [1.54, 1.807) is 21.8 Å². The normalized spacial score (nSPS) is 26.3. The molecule has 4 aliphatic rings. The first-order valence-corrected chi connectivity index (χ1v) is 19.9. The van der Waals surface area contributed by atoms with Crippen molar-refractivity contribution in [1.82, 2.24) is 4.90 Å². The first-order chi connectivity index (χ1) is 23.5. The molecule has 0 radical (unpaired) electrons. The van der Waals surface area contributed by atoms with Gasteiger partial charge in [0, 0.05) is 29.3 Å². The molecule has 0 saturated carbocycles. The molecule has 2 N–H and O–H groups in total. The van der Waals surface area contributed by atoms with Crippen molar-refractivity contribution >= 4 is 37.6 Å². The van der Waals surface area contributed by atoms with E-state index in [1.807, 2.05) is 86.7 Å². The van der Waals surface area contributed by atoms with Crippen molar-refractivity contribution in [3.05, 3.63) is 89.0 Å². The van der Waals surface area contributed by atoms with Crippen molar-refractivity contribution in [1.29, 1.82) is 0 Å². The van der Waals surface area contributed by atoms with Gasteiger partial charge in [0.1, 0.15) is 12.4 Å². The fraction of sp³-hybridized carbons (Fsp3) is 0.432. The van der Waals surface area contributed by atoms with Gasteiger partial charge in [0.2, 0.25) is 5.91 Å². The largest absolute Gasteiger partial charge is 0.497 e. The molecular weight excluding hydrogens is 643 g/mol. The lowest BCUT2D eigenvalue weighted by Gasteiger charge is -2.37. The number of anilines is 2. The third kappa shape index (κ3) is 5.60. The SMILES string of the molecule is COc1ccc2c(c1)[C@@]1(O[C@H](CC(=O)N3Cc4ccccc4C[C@H]3CO)[C@@H]([Si](C)(C)O)[C@@H]1C)C(=O)N2Cc1ccc(N2CCOC2=O)cc1. The summed E-state index contributed by atoms with van der Waals surface area (Å²) in [7, 11) is -1.46. The fourth-order valence-corrected chi connectivity index (χ4v) is 11.0. The Bertz CT molecular complexity index is 1780. The van der Waals surface area contributed by atoms with Crippen molar-refractivity contribution in [2.45, 2.75) is 69.2 Å². The molecule has 4 heterocycles. The predicted octanol–water partition coefficient (Wildman–Crippen LogP) is 4.33. The van der Waals surface area contributed by atoms with Gasteiger partial charge in [-0.15, -0.1) is 0 Å². The molecule has 49 heavy (non-hydrogen) atoms. The van der Waals surface area contributed by atoms with Crippen molar-refractivity contribution in [3.8, 4) is 5.75 Å². The smallest absolute Gasteiger partial charge is 0.414 e. The van der Waals surface area contributed by atoms with Gasteiger partial charge in [0.15, 0.2) is 13.9 Å². The molecule has 4 aliphatic heterocycles. The zero-order chi connectivity index (χ0) is 34.7. The van der Waals surface area contributed by atoms with E-state index in [9.17, 15) is 24.3 Å². The summed E-state index contributed by atoms with van der Waals surface area (Å²) < 4.78 is 17.6. The molecule has 5 atom stereocenters. The molecule has 3 aromatic rings. The Morgan fingerprint density at radius 2 is 1.80 bits per heavy atom. The molecule has 1 spiro atoms. The number of aliphatic hydroxyl groups is 1. The summed E-state index contributed by atoms with van der Waals surface area (Å²) in [5.74, 6) is -0.325. The van der Waals surface area contributed by atoms with Crippen LogP contribution in [0.15, 0.2) is 66.7 Å². The van der Waals surface area contributed by atoms with Crippen LogP contribution in [0, 0.1) is 5.92 Å². The highest BCUT2D eigenvalue weighted by Crippen LogP contribution is 2.60. The number of nitrogens with zero attached hydrogens (tertiary/aromatic N) is 3. The Morgan fingerprint density at radius 3 is 2.45 bits per heavy atom. The first kappa shape index (κ1) is 33.3. The van der Waals surface area contributed by atoms with Gasteiger partial charge < -0.3 is 33.9 Å². The van der Waals surface area contributed by atoms with E-state index in [-0.39, 0.29) is 43.5 Å². The molecule has 0 unspecified atom stereocenters. The van der Waals surface area contributed by atoms with Gasteiger partial charge in [-0.3, -0.25) is 14.5 Å². The molecule has 11 nitrogen and oxygen atoms in total. The maximum atomic E-state index is 14.9. The Morgan fingerprint density at radius 1 is 1.06 bits per heavy atom. The second-order valence-electron chi connectivity index (χ2n) is 14.1. The van der Waals surface area contributed by atoms with Crippen LogP contribution >= 0.6 is 0 Å². The van der Waals surface area contributed by atoms with Crippen LogP contribution < -0.4 is 14.5 Å². The molecule has 0 aromatic heterocycles. The molecular formula is C37H43N3O8Si. The van der Waals surface area contributed by atoms with Crippen molar-refractivity contribution in [2.75, 3.05) is 36.7 Å². The van der Waals surface area contributed by atoms with Crippen LogP contribution in [-0.2, 0) is 44.2 Å². The van der Waals surface area contributed by atoms with E-state index in [0.717, 1.165) is 22.4 Å². The van der Waals surface area contributed by atoms with Crippen LogP contribution in [0.2, 0.25) is 18.6 Å². The minimum absolute atomic E-state index is 0.0284. The molecule has 2 saturated heterocycles. The van der Waals surface area contributed by atoms with Gasteiger partial charge in [0.25, 0.3) is 5.91 Å². The van der Waals surface area contributed by atoms with E-state index in [0.29, 0.717) is 43.1 Å². The van der Waals surface area contributed by atoms with E-state index in [4.69, 9.17) is 14.2 Å². The van der Waals surface area contributed by atoms with Crippen LogP contribution in [0.5, 0.6) is 5.75 Å². The number of carbonyl (C=O) groups is 3. The summed E-state index contributed by atoms with van der Waals surface area (Å²) in [4.78, 5) is 57.8. The standard InChI is InChI=1S/C37H43N3O8Si/c1-23-34(49(3,4)45)32(19-33(42)39-21-26-8-6-5-7-25(26)17-28(39)22-41)48-37(23)30-18-29(46-2)13-14-31(30)40(35(37)43)20-24-9-11-27(12-10-24)38-15-16-47-36(38)44/h5-14,18,23,28,32,34,41,45H,15-17,19-22H2,1-4H3/t23-,28-,32+,34-,37+/m0/s1. The average Bonchev–Trinajstić information content (AvgIpc) is 3.72. The summed E-state index contributed by atoms with van der Waals surface area (Å²) in [5, 5.41) is 10.3. The van der Waals surface area contributed by atoms with Crippen LogP contribution in [0.3, 0.4) is 0 Å². The van der Waals surface area contributed by atoms with Crippen molar-refractivity contribution in [2.24, 2.45) is 5.92 Å². The molecule has 0 bridgehead atoms. The number of fused-ring (bicyclic) bond motifs is 3. The van der Waals surface area contributed by atoms with Gasteiger partial charge in [-0.05, 0) is 66.5 Å². The highest BCUT2D eigenvalue weighted by atomic mass is 28.4. The minimum Gasteiger partial charge on any atom is -0.497 e. The van der Waals surface area contributed by atoms with Crippen LogP contribution in [0.25, 0.3) is 0 Å². The minimum atomic E-state index is -3.03. The maximum absolute atomic E-state index is 14.9. The number of ether oxygens (including phenoxy) is 3. The van der Waals surface area contributed by atoms with Crippen LogP contribution in [-0.4, -0.2) is 80.0 Å². The highest BCUT2D eigenvalue weighted by molar-refractivity contribution is 6.71. The quantitative estimate of drug-likeness (QED) is 0.336. The monoisotopic (exact) mass is 685 g/mol. The maximum Gasteiger partial charge on any atom is 0.414 e. The van der Waals surface area contributed by atoms with E-state index < -0.39 is 31.5 Å². The van der Waals surface area contributed by atoms with Crippen molar-refractivity contribution < 1.29 is 38.5 Å². The number of rotatable bonds is 8. The molecule has 3 aromatic carbocycles. The Hall–Kier alpha value is -4.23. The summed E-state index contributed by atoms with van der Waals surface area (Å²) in [6.45, 7) is 6.91. The number of methoxy groups -OCH3 is 1. The second-order valence-corrected chi connectivity index (χ2v) is 18.1. The molecule has 12 heteroatoms. The van der Waals surface area contributed by atoms with Crippen LogP contribution in [0.4, 0.5) is 16.2 Å². The van der Waals surface area contributed by atoms with Gasteiger partial charge in [-0.2, -0.15) is 0 Å². The van der Waals surface area contributed by atoms with Gasteiger partial charge in [-0.1, -0.05) is 43.3 Å². The molecule has 7 rings (SSSR count). The highest BCUT2D eigenvalue weighted by Gasteiger charge is 2.66. The zero-order valence-corrected chi connectivity index (χ0v) is 29.3. The number of aliphatic hydroxyl groups excluding tert-OH is 1. The third-order valence-corrected chi connectivity index (χ3v) is 13.3. The third-order valence-electron chi connectivity index (χ3n) is 10.8. The topological polar surface area (TPSA) is 129 Å². The molecule has 2 fully saturated rings. The first-order valence-electron chi connectivity index (χ1n) is 16.9. The van der Waals surface area contributed by atoms with Gasteiger partial charge in [0.05, 0.1) is 51.1 Å². The number of hydrogen-bond acceptors (Lipinski definition) is 8. The zero-order valence-electron chi connectivity index (χ0n) is 28.3. The second kappa shape index (κ2) is 12.6. The predicted molar refractivity (Wildman–Crippen MR) is 185 cm³/mol. The number of cyclic esters (lactones) is 1. The summed E-state index contributed by atoms with van der Waals surface area (Å²) in [6, 6.07) is 20.6. The van der Waals surface area contributed by atoms with Crippen LogP contribution in [0.1, 0.15) is 35.6 Å². The summed E-state index contributed by atoms with van der Waals surface area (Å²) in [6.07, 6.45) is -0.584. The number of carbonyl (C=O) groups excluding carboxylic acids is 3. The number of hydrogen-bond donors (Lipinski definition) is 2. The lowest BCUT2D eigenvalue weighted by Crippen LogP contribution is -2.48. The molecule has 0 aliphatic carbocycles. The molecule has 258 valence electrons. The Labute approximate surface area is 287 Å². The molecule has 3 amide bonds. The average molecular weight is 686 g/mol. The number of amides is 3. The fourth-order valence-electron chi connectivity index (χ4n) is 8.46.